The molecule has 0 aliphatic heterocycles. The molecule has 5 nitrogen and oxygen atoms in total. The zero-order valence-corrected chi connectivity index (χ0v) is 13.1. The van der Waals surface area contributed by atoms with Crippen molar-refractivity contribution in [3.63, 3.8) is 0 Å². The number of hydrogen-bond acceptors (Lipinski definition) is 4. The number of benzene rings is 1. The van der Waals surface area contributed by atoms with Crippen molar-refractivity contribution in [2.24, 2.45) is 0 Å². The second kappa shape index (κ2) is 6.87. The van der Waals surface area contributed by atoms with Crippen molar-refractivity contribution in [2.75, 3.05) is 5.75 Å². The molecular weight excluding hydrogens is 288 g/mol. The topological polar surface area (TPSA) is 72.2 Å². The summed E-state index contributed by atoms with van der Waals surface area (Å²) in [6.07, 6.45) is 1.34. The van der Waals surface area contributed by atoms with Gasteiger partial charge in [0.25, 0.3) is 0 Å². The largest absolute Gasteiger partial charge is 0.444 e. The van der Waals surface area contributed by atoms with Gasteiger partial charge in [-0.1, -0.05) is 30.3 Å². The third-order valence-electron chi connectivity index (χ3n) is 3.17. The molecular formula is C15H20N2O3S. The van der Waals surface area contributed by atoms with Crippen LogP contribution < -0.4 is 4.72 Å². The summed E-state index contributed by atoms with van der Waals surface area (Å²) in [6.45, 7) is 3.70. The molecule has 6 heteroatoms. The van der Waals surface area contributed by atoms with Crippen LogP contribution in [0.4, 0.5) is 0 Å². The Morgan fingerprint density at radius 1 is 1.19 bits per heavy atom. The fourth-order valence-corrected chi connectivity index (χ4v) is 3.12. The molecule has 1 aromatic carbocycles. The number of nitrogens with one attached hydrogen (secondary N) is 1. The van der Waals surface area contributed by atoms with Crippen molar-refractivity contribution in [3.8, 4) is 0 Å². The quantitative estimate of drug-likeness (QED) is 0.852. The number of rotatable bonds is 7. The van der Waals surface area contributed by atoms with Crippen LogP contribution in [-0.4, -0.2) is 19.2 Å². The second-order valence-corrected chi connectivity index (χ2v) is 6.90. The smallest absolute Gasteiger partial charge is 0.212 e. The highest BCUT2D eigenvalue weighted by molar-refractivity contribution is 7.89. The first-order valence-corrected chi connectivity index (χ1v) is 8.56. The zero-order chi connectivity index (χ0) is 15.3. The van der Waals surface area contributed by atoms with Gasteiger partial charge in [-0.3, -0.25) is 0 Å². The van der Waals surface area contributed by atoms with Crippen LogP contribution in [0.3, 0.4) is 0 Å². The van der Waals surface area contributed by atoms with Crippen molar-refractivity contribution in [2.45, 2.75) is 33.2 Å². The molecule has 2 aromatic rings. The van der Waals surface area contributed by atoms with Crippen molar-refractivity contribution in [1.29, 1.82) is 0 Å². The molecule has 1 aromatic heterocycles. The van der Waals surface area contributed by atoms with Gasteiger partial charge in [0.15, 0.2) is 5.89 Å². The van der Waals surface area contributed by atoms with E-state index in [1.54, 1.807) is 13.8 Å². The van der Waals surface area contributed by atoms with Gasteiger partial charge in [0.1, 0.15) is 5.76 Å². The third-order valence-corrected chi connectivity index (χ3v) is 4.58. The lowest BCUT2D eigenvalue weighted by molar-refractivity contribution is 0.466. The summed E-state index contributed by atoms with van der Waals surface area (Å²) in [7, 11) is -3.30. The maximum absolute atomic E-state index is 11.9. The van der Waals surface area contributed by atoms with E-state index in [0.717, 1.165) is 17.7 Å². The SMILES string of the molecule is Cc1nc(C)c(CNS(=O)(=O)CCCc2ccccc2)o1. The highest BCUT2D eigenvalue weighted by Crippen LogP contribution is 2.09. The molecule has 0 aliphatic rings. The van der Waals surface area contributed by atoms with Crippen LogP contribution in [0.5, 0.6) is 0 Å². The van der Waals surface area contributed by atoms with E-state index in [1.807, 2.05) is 30.3 Å². The van der Waals surface area contributed by atoms with Gasteiger partial charge in [-0.05, 0) is 25.3 Å². The predicted molar refractivity (Wildman–Crippen MR) is 81.4 cm³/mol. The average molecular weight is 308 g/mol. The maximum Gasteiger partial charge on any atom is 0.212 e. The Morgan fingerprint density at radius 3 is 2.52 bits per heavy atom. The summed E-state index contributed by atoms with van der Waals surface area (Å²) < 4.78 is 31.8. The van der Waals surface area contributed by atoms with Crippen LogP contribution in [0, 0.1) is 13.8 Å². The van der Waals surface area contributed by atoms with E-state index in [-0.39, 0.29) is 12.3 Å². The molecule has 21 heavy (non-hydrogen) atoms. The minimum absolute atomic E-state index is 0.105. The van der Waals surface area contributed by atoms with Gasteiger partial charge in [0, 0.05) is 6.92 Å². The van der Waals surface area contributed by atoms with Crippen molar-refractivity contribution < 1.29 is 12.8 Å². The molecule has 0 amide bonds. The molecule has 0 aliphatic carbocycles. The number of aryl methyl sites for hydroxylation is 3. The minimum atomic E-state index is -3.30. The number of hydrogen-bond donors (Lipinski definition) is 1. The highest BCUT2D eigenvalue weighted by Gasteiger charge is 2.13. The van der Waals surface area contributed by atoms with Gasteiger partial charge >= 0.3 is 0 Å². The van der Waals surface area contributed by atoms with Gasteiger partial charge in [0.2, 0.25) is 10.0 Å². The first-order valence-electron chi connectivity index (χ1n) is 6.90. The monoisotopic (exact) mass is 308 g/mol. The highest BCUT2D eigenvalue weighted by atomic mass is 32.2. The lowest BCUT2D eigenvalue weighted by atomic mass is 10.1. The second-order valence-electron chi connectivity index (χ2n) is 4.97. The Morgan fingerprint density at radius 2 is 1.90 bits per heavy atom. The molecule has 0 saturated heterocycles. The molecule has 0 radical (unpaired) electrons. The summed E-state index contributed by atoms with van der Waals surface area (Å²) in [4.78, 5) is 4.11. The van der Waals surface area contributed by atoms with Gasteiger partial charge < -0.3 is 4.42 Å². The summed E-state index contributed by atoms with van der Waals surface area (Å²) in [6, 6.07) is 9.86. The first kappa shape index (κ1) is 15.7. The van der Waals surface area contributed by atoms with Crippen molar-refractivity contribution in [1.82, 2.24) is 9.71 Å². The lowest BCUT2D eigenvalue weighted by Crippen LogP contribution is -2.26. The molecule has 0 atom stereocenters. The molecule has 1 N–H and O–H groups in total. The number of nitrogens with zero attached hydrogens (tertiary/aromatic N) is 1. The predicted octanol–water partition coefficient (Wildman–Crippen LogP) is 2.34. The summed E-state index contributed by atoms with van der Waals surface area (Å²) in [5, 5.41) is 0. The maximum atomic E-state index is 11.9. The molecule has 0 unspecified atom stereocenters. The molecule has 0 bridgehead atoms. The number of sulfonamides is 1. The zero-order valence-electron chi connectivity index (χ0n) is 12.3. The molecule has 114 valence electrons. The Hall–Kier alpha value is -1.66. The normalized spacial score (nSPS) is 11.7. The average Bonchev–Trinajstić information content (AvgIpc) is 2.76. The molecule has 2 rings (SSSR count). The molecule has 0 spiro atoms. The molecule has 1 heterocycles. The van der Waals surface area contributed by atoms with E-state index in [1.165, 1.54) is 0 Å². The Labute approximate surface area is 125 Å². The van der Waals surface area contributed by atoms with Gasteiger partial charge in [0.05, 0.1) is 18.0 Å². The number of oxazole rings is 1. The van der Waals surface area contributed by atoms with Crippen molar-refractivity contribution >= 4 is 10.0 Å². The summed E-state index contributed by atoms with van der Waals surface area (Å²) in [5.41, 5.74) is 1.87. The minimum Gasteiger partial charge on any atom is -0.444 e. The Kier molecular flexibility index (Phi) is 5.14. The van der Waals surface area contributed by atoms with E-state index in [9.17, 15) is 8.42 Å². The Bertz CT molecular complexity index is 678. The molecule has 0 fully saturated rings. The van der Waals surface area contributed by atoms with Crippen molar-refractivity contribution in [3.05, 3.63) is 53.2 Å². The fraction of sp³-hybridized carbons (Fsp3) is 0.400. The van der Waals surface area contributed by atoms with E-state index < -0.39 is 10.0 Å². The summed E-state index contributed by atoms with van der Waals surface area (Å²) >= 11 is 0. The lowest BCUT2D eigenvalue weighted by Gasteiger charge is -2.05. The summed E-state index contributed by atoms with van der Waals surface area (Å²) in [5.74, 6) is 1.22. The first-order chi connectivity index (χ1) is 9.96. The van der Waals surface area contributed by atoms with Crippen LogP contribution in [0.1, 0.15) is 29.3 Å². The number of aromatic nitrogens is 1. The van der Waals surface area contributed by atoms with Gasteiger partial charge in [-0.15, -0.1) is 0 Å². The van der Waals surface area contributed by atoms with Gasteiger partial charge in [-0.25, -0.2) is 18.1 Å². The van der Waals surface area contributed by atoms with Crippen LogP contribution >= 0.6 is 0 Å². The van der Waals surface area contributed by atoms with E-state index in [2.05, 4.69) is 9.71 Å². The van der Waals surface area contributed by atoms with Crippen LogP contribution in [-0.2, 0) is 23.0 Å². The molecule has 0 saturated carbocycles. The van der Waals surface area contributed by atoms with E-state index >= 15 is 0 Å². The third kappa shape index (κ3) is 4.99. The fourth-order valence-electron chi connectivity index (χ4n) is 2.10. The van der Waals surface area contributed by atoms with Gasteiger partial charge in [-0.2, -0.15) is 0 Å². The van der Waals surface area contributed by atoms with Crippen LogP contribution in [0.2, 0.25) is 0 Å². The standard InChI is InChI=1S/C15H20N2O3S/c1-12-15(20-13(2)17-12)11-16-21(18,19)10-6-9-14-7-4-3-5-8-14/h3-5,7-8,16H,6,9-11H2,1-2H3. The van der Waals surface area contributed by atoms with E-state index in [4.69, 9.17) is 4.42 Å². The van der Waals surface area contributed by atoms with E-state index in [0.29, 0.717) is 18.1 Å². The van der Waals surface area contributed by atoms with Crippen LogP contribution in [0.25, 0.3) is 0 Å². The Balaban J connectivity index is 1.81. The van der Waals surface area contributed by atoms with Crippen LogP contribution in [0.15, 0.2) is 34.7 Å².